The summed E-state index contributed by atoms with van der Waals surface area (Å²) in [6, 6.07) is 26.2. The van der Waals surface area contributed by atoms with E-state index in [4.69, 9.17) is 23.9 Å². The van der Waals surface area contributed by atoms with Crippen LogP contribution in [0.1, 0.15) is 16.6 Å². The monoisotopic (exact) mass is 678 g/mol. The molecule has 4 aromatic carbocycles. The summed E-state index contributed by atoms with van der Waals surface area (Å²) in [5.41, 5.74) is 3.98. The molecule has 0 unspecified atom stereocenters. The van der Waals surface area contributed by atoms with E-state index in [9.17, 15) is 9.59 Å². The Morgan fingerprint density at radius 1 is 0.857 bits per heavy atom. The molecule has 250 valence electrons. The highest BCUT2D eigenvalue weighted by atomic mass is 32.1. The molecular formula is C36H34N6O6S. The molecule has 6 rings (SSSR count). The number of ether oxygens (including phenoxy) is 4. The minimum atomic E-state index is -1.18. The molecule has 2 amide bonds. The summed E-state index contributed by atoms with van der Waals surface area (Å²) in [7, 11) is 6.05. The standard InChI is InChI=1S/C36H34N6O6S/c1-45-26-16-14-25(15-17-26)37-36(44)34(24-18-30(46-2)35(48-4)31(19-24)47-3)41(20-32-38-28(22-49-32)23-10-6-5-7-11-23)33(43)21-42-29-13-9-8-12-27(29)39-40-42/h5-19,22,34H,20-21H2,1-4H3,(H,37,44)/t34-/m1/s1. The third-order valence-electron chi connectivity index (χ3n) is 7.87. The molecule has 0 aliphatic heterocycles. The molecule has 0 fully saturated rings. The first-order valence-electron chi connectivity index (χ1n) is 15.2. The SMILES string of the molecule is COc1ccc(NC(=O)[C@@H](c2cc(OC)c(OC)c(OC)c2)N(Cc2nc(-c3ccccc3)cs2)C(=O)Cn2nnc3ccccc32)cc1. The van der Waals surface area contributed by atoms with Gasteiger partial charge in [-0.25, -0.2) is 9.67 Å². The number of hydrogen-bond acceptors (Lipinski definition) is 10. The van der Waals surface area contributed by atoms with Crippen LogP contribution < -0.4 is 24.3 Å². The number of fused-ring (bicyclic) bond motifs is 1. The second kappa shape index (κ2) is 14.9. The van der Waals surface area contributed by atoms with Crippen LogP contribution in [0.2, 0.25) is 0 Å². The maximum atomic E-state index is 14.6. The van der Waals surface area contributed by atoms with Crippen LogP contribution >= 0.6 is 11.3 Å². The smallest absolute Gasteiger partial charge is 0.251 e. The average Bonchev–Trinajstić information content (AvgIpc) is 3.78. The molecule has 0 spiro atoms. The van der Waals surface area contributed by atoms with Crippen LogP contribution in [0.15, 0.2) is 96.4 Å². The highest BCUT2D eigenvalue weighted by molar-refractivity contribution is 7.09. The van der Waals surface area contributed by atoms with Crippen LogP contribution in [-0.2, 0) is 22.7 Å². The zero-order valence-electron chi connectivity index (χ0n) is 27.3. The summed E-state index contributed by atoms with van der Waals surface area (Å²) in [4.78, 5) is 35.4. The van der Waals surface area contributed by atoms with Gasteiger partial charge >= 0.3 is 0 Å². The average molecular weight is 679 g/mol. The van der Waals surface area contributed by atoms with E-state index in [-0.39, 0.29) is 13.1 Å². The number of hydrogen-bond donors (Lipinski definition) is 1. The minimum absolute atomic E-state index is 0.0142. The normalized spacial score (nSPS) is 11.5. The second-order valence-corrected chi connectivity index (χ2v) is 11.8. The van der Waals surface area contributed by atoms with Crippen LogP contribution in [0, 0.1) is 0 Å². The summed E-state index contributed by atoms with van der Waals surface area (Å²) in [6.07, 6.45) is 0. The van der Waals surface area contributed by atoms with Crippen molar-refractivity contribution in [1.82, 2.24) is 24.9 Å². The number of nitrogens with zero attached hydrogens (tertiary/aromatic N) is 5. The zero-order valence-corrected chi connectivity index (χ0v) is 28.1. The van der Waals surface area contributed by atoms with Gasteiger partial charge in [-0.05, 0) is 54.1 Å². The van der Waals surface area contributed by atoms with Crippen molar-refractivity contribution in [2.24, 2.45) is 0 Å². The molecule has 6 aromatic rings. The van der Waals surface area contributed by atoms with Gasteiger partial charge in [-0.3, -0.25) is 9.59 Å². The third kappa shape index (κ3) is 7.16. The van der Waals surface area contributed by atoms with E-state index in [1.54, 1.807) is 43.5 Å². The van der Waals surface area contributed by atoms with Crippen molar-refractivity contribution in [3.05, 3.63) is 107 Å². The summed E-state index contributed by atoms with van der Waals surface area (Å²) < 4.78 is 23.7. The number of amides is 2. The van der Waals surface area contributed by atoms with Gasteiger partial charge in [0, 0.05) is 16.6 Å². The topological polar surface area (TPSA) is 130 Å². The van der Waals surface area contributed by atoms with Crippen molar-refractivity contribution < 1.29 is 28.5 Å². The van der Waals surface area contributed by atoms with Crippen LogP contribution in [0.5, 0.6) is 23.0 Å². The van der Waals surface area contributed by atoms with Gasteiger partial charge in [0.15, 0.2) is 11.5 Å². The first-order chi connectivity index (χ1) is 23.9. The zero-order chi connectivity index (χ0) is 34.3. The van der Waals surface area contributed by atoms with E-state index >= 15 is 0 Å². The minimum Gasteiger partial charge on any atom is -0.497 e. The molecule has 2 aromatic heterocycles. The maximum Gasteiger partial charge on any atom is 0.251 e. The molecule has 0 saturated carbocycles. The molecule has 13 heteroatoms. The summed E-state index contributed by atoms with van der Waals surface area (Å²) in [5, 5.41) is 14.0. The van der Waals surface area contributed by atoms with Gasteiger partial charge in [0.2, 0.25) is 11.7 Å². The Morgan fingerprint density at radius 3 is 2.22 bits per heavy atom. The lowest BCUT2D eigenvalue weighted by Gasteiger charge is -2.31. The van der Waals surface area contributed by atoms with Crippen molar-refractivity contribution in [2.45, 2.75) is 19.1 Å². The van der Waals surface area contributed by atoms with Gasteiger partial charge in [0.05, 0.1) is 46.2 Å². The quantitative estimate of drug-likeness (QED) is 0.156. The molecule has 2 heterocycles. The third-order valence-corrected chi connectivity index (χ3v) is 8.71. The Kier molecular flexibility index (Phi) is 10.00. The molecule has 1 atom stereocenters. The number of benzene rings is 4. The predicted octanol–water partition coefficient (Wildman–Crippen LogP) is 6.00. The number of thiazole rings is 1. The lowest BCUT2D eigenvalue weighted by atomic mass is 10.0. The van der Waals surface area contributed by atoms with Crippen LogP contribution in [-0.4, -0.2) is 65.1 Å². The summed E-state index contributed by atoms with van der Waals surface area (Å²) in [5.74, 6) is 0.770. The van der Waals surface area contributed by atoms with Gasteiger partial charge in [-0.1, -0.05) is 47.7 Å². The van der Waals surface area contributed by atoms with E-state index in [0.717, 1.165) is 11.3 Å². The molecule has 0 aliphatic carbocycles. The molecular weight excluding hydrogens is 644 g/mol. The lowest BCUT2D eigenvalue weighted by Crippen LogP contribution is -2.42. The fourth-order valence-corrected chi connectivity index (χ4v) is 6.27. The number of aromatic nitrogens is 4. The van der Waals surface area contributed by atoms with Crippen molar-refractivity contribution in [1.29, 1.82) is 0 Å². The largest absolute Gasteiger partial charge is 0.497 e. The van der Waals surface area contributed by atoms with Gasteiger partial charge in [0.1, 0.15) is 28.9 Å². The predicted molar refractivity (Wildman–Crippen MR) is 186 cm³/mol. The number of para-hydroxylation sites is 1. The molecule has 1 N–H and O–H groups in total. The summed E-state index contributed by atoms with van der Waals surface area (Å²) >= 11 is 1.40. The molecule has 49 heavy (non-hydrogen) atoms. The van der Waals surface area contributed by atoms with E-state index in [2.05, 4.69) is 15.6 Å². The first kappa shape index (κ1) is 33.0. The van der Waals surface area contributed by atoms with E-state index in [1.165, 1.54) is 42.2 Å². The van der Waals surface area contributed by atoms with Gasteiger partial charge < -0.3 is 29.2 Å². The van der Waals surface area contributed by atoms with Gasteiger partial charge in [0.25, 0.3) is 5.91 Å². The Bertz CT molecular complexity index is 2040. The fraction of sp³-hybridized carbons (Fsp3) is 0.194. The van der Waals surface area contributed by atoms with E-state index in [1.807, 2.05) is 60.0 Å². The van der Waals surface area contributed by atoms with Gasteiger partial charge in [-0.2, -0.15) is 0 Å². The molecule has 0 bridgehead atoms. The molecule has 0 saturated heterocycles. The molecule has 12 nitrogen and oxygen atoms in total. The fourth-order valence-electron chi connectivity index (χ4n) is 5.46. The van der Waals surface area contributed by atoms with Crippen molar-refractivity contribution in [3.8, 4) is 34.3 Å². The van der Waals surface area contributed by atoms with Crippen LogP contribution in [0.4, 0.5) is 5.69 Å². The Labute approximate surface area is 286 Å². The van der Waals surface area contributed by atoms with Crippen LogP contribution in [0.3, 0.4) is 0 Å². The molecule has 0 radical (unpaired) electrons. The number of carbonyl (C=O) groups excluding carboxylic acids is 2. The Hall–Kier alpha value is -5.95. The van der Waals surface area contributed by atoms with E-state index in [0.29, 0.717) is 50.3 Å². The van der Waals surface area contributed by atoms with Crippen molar-refractivity contribution in [3.63, 3.8) is 0 Å². The Balaban J connectivity index is 1.46. The lowest BCUT2D eigenvalue weighted by molar-refractivity contribution is -0.140. The first-order valence-corrected chi connectivity index (χ1v) is 16.1. The number of carbonyl (C=O) groups is 2. The highest BCUT2D eigenvalue weighted by Gasteiger charge is 2.35. The summed E-state index contributed by atoms with van der Waals surface area (Å²) in [6.45, 7) is -0.172. The van der Waals surface area contributed by atoms with Crippen LogP contribution in [0.25, 0.3) is 22.3 Å². The van der Waals surface area contributed by atoms with Gasteiger partial charge in [-0.15, -0.1) is 16.4 Å². The number of methoxy groups -OCH3 is 4. The second-order valence-electron chi connectivity index (χ2n) is 10.8. The maximum absolute atomic E-state index is 14.6. The number of rotatable bonds is 13. The Morgan fingerprint density at radius 2 is 1.55 bits per heavy atom. The highest BCUT2D eigenvalue weighted by Crippen LogP contribution is 2.41. The van der Waals surface area contributed by atoms with E-state index < -0.39 is 17.9 Å². The van der Waals surface area contributed by atoms with Crippen molar-refractivity contribution in [2.75, 3.05) is 33.8 Å². The molecule has 0 aliphatic rings. The number of nitrogens with one attached hydrogen (secondary N) is 1. The van der Waals surface area contributed by atoms with Crippen molar-refractivity contribution >= 4 is 39.9 Å². The number of anilines is 1.